The fourth-order valence-electron chi connectivity index (χ4n) is 5.75. The lowest BCUT2D eigenvalue weighted by molar-refractivity contribution is 1.31. The van der Waals surface area contributed by atoms with E-state index in [-0.39, 0.29) is 0 Å². The van der Waals surface area contributed by atoms with E-state index in [0.717, 1.165) is 5.69 Å². The summed E-state index contributed by atoms with van der Waals surface area (Å²) in [6, 6.07) is 43.5. The molecule has 184 valence electrons. The van der Waals surface area contributed by atoms with Crippen molar-refractivity contribution < 1.29 is 0 Å². The highest BCUT2D eigenvalue weighted by molar-refractivity contribution is 6.21. The lowest BCUT2D eigenvalue weighted by Crippen LogP contribution is -1.92. The van der Waals surface area contributed by atoms with Crippen LogP contribution in [0.1, 0.15) is 5.56 Å². The van der Waals surface area contributed by atoms with Gasteiger partial charge < -0.3 is 0 Å². The number of aryl methyl sites for hydroxylation is 1. The van der Waals surface area contributed by atoms with E-state index in [9.17, 15) is 0 Å². The van der Waals surface area contributed by atoms with Crippen LogP contribution in [0.25, 0.3) is 66.2 Å². The monoisotopic (exact) mass is 498 g/mol. The van der Waals surface area contributed by atoms with Crippen molar-refractivity contribution in [1.29, 1.82) is 0 Å². The topological polar surface area (TPSA) is 25.8 Å². The van der Waals surface area contributed by atoms with Crippen LogP contribution < -0.4 is 0 Å². The summed E-state index contributed by atoms with van der Waals surface area (Å²) in [7, 11) is 0. The van der Waals surface area contributed by atoms with Gasteiger partial charge in [0.25, 0.3) is 0 Å². The molecule has 0 N–H and O–H groups in total. The molecule has 2 aromatic heterocycles. The molecule has 0 unspecified atom stereocenters. The molecule has 7 rings (SSSR count). The maximum Gasteiger partial charge on any atom is 0.0704 e. The molecule has 0 aliphatic rings. The first-order valence-corrected chi connectivity index (χ1v) is 13.2. The molecule has 0 saturated carbocycles. The normalized spacial score (nSPS) is 11.2. The van der Waals surface area contributed by atoms with Crippen molar-refractivity contribution in [3.63, 3.8) is 0 Å². The SMILES string of the molecule is Cc1cc(-c2c3ccccc3c(-c3ccc(-c4ccncc4)cc3)c3ccccc23)ccc1-c1ccccn1. The van der Waals surface area contributed by atoms with E-state index in [2.05, 4.69) is 126 Å². The summed E-state index contributed by atoms with van der Waals surface area (Å²) in [6.07, 6.45) is 5.53. The molecule has 39 heavy (non-hydrogen) atoms. The fraction of sp³-hybridized carbons (Fsp3) is 0.0270. The van der Waals surface area contributed by atoms with Gasteiger partial charge in [0.15, 0.2) is 0 Å². The van der Waals surface area contributed by atoms with Gasteiger partial charge in [0.05, 0.1) is 5.69 Å². The molecule has 0 saturated heterocycles. The Morgan fingerprint density at radius 1 is 0.436 bits per heavy atom. The second-order valence-corrected chi connectivity index (χ2v) is 9.90. The Hall–Kier alpha value is -5.08. The minimum absolute atomic E-state index is 1.00. The van der Waals surface area contributed by atoms with Crippen LogP contribution >= 0.6 is 0 Å². The number of nitrogens with zero attached hydrogens (tertiary/aromatic N) is 2. The van der Waals surface area contributed by atoms with E-state index in [1.165, 1.54) is 66.1 Å². The van der Waals surface area contributed by atoms with Crippen LogP contribution in [0.15, 0.2) is 140 Å². The van der Waals surface area contributed by atoms with Gasteiger partial charge in [-0.05, 0) is 91.7 Å². The molecule has 0 aliphatic carbocycles. The summed E-state index contributed by atoms with van der Waals surface area (Å²) in [5.74, 6) is 0. The van der Waals surface area contributed by atoms with Crippen LogP contribution in [0.4, 0.5) is 0 Å². The highest BCUT2D eigenvalue weighted by Gasteiger charge is 2.17. The first kappa shape index (κ1) is 23.1. The van der Waals surface area contributed by atoms with Crippen LogP contribution in [0, 0.1) is 6.92 Å². The summed E-state index contributed by atoms with van der Waals surface area (Å²) in [5, 5.41) is 5.03. The van der Waals surface area contributed by atoms with Gasteiger partial charge in [-0.2, -0.15) is 0 Å². The molecule has 5 aromatic carbocycles. The third-order valence-corrected chi connectivity index (χ3v) is 7.57. The Morgan fingerprint density at radius 2 is 0.949 bits per heavy atom. The van der Waals surface area contributed by atoms with Crippen LogP contribution in [-0.2, 0) is 0 Å². The van der Waals surface area contributed by atoms with Crippen molar-refractivity contribution in [3.8, 4) is 44.6 Å². The molecule has 0 aliphatic heterocycles. The van der Waals surface area contributed by atoms with E-state index >= 15 is 0 Å². The van der Waals surface area contributed by atoms with Crippen molar-refractivity contribution in [2.45, 2.75) is 6.92 Å². The van der Waals surface area contributed by atoms with Crippen LogP contribution in [0.2, 0.25) is 0 Å². The van der Waals surface area contributed by atoms with Gasteiger partial charge in [0.2, 0.25) is 0 Å². The molecule has 0 spiro atoms. The van der Waals surface area contributed by atoms with Crippen molar-refractivity contribution in [3.05, 3.63) is 145 Å². The minimum atomic E-state index is 1.00. The number of fused-ring (bicyclic) bond motifs is 2. The summed E-state index contributed by atoms with van der Waals surface area (Å²) < 4.78 is 0. The van der Waals surface area contributed by atoms with E-state index in [4.69, 9.17) is 0 Å². The number of pyridine rings is 2. The molecule has 0 atom stereocenters. The predicted octanol–water partition coefficient (Wildman–Crippen LogP) is 9.76. The van der Waals surface area contributed by atoms with Crippen molar-refractivity contribution in [1.82, 2.24) is 9.97 Å². The second kappa shape index (κ2) is 9.66. The Balaban J connectivity index is 1.44. The zero-order chi connectivity index (χ0) is 26.2. The van der Waals surface area contributed by atoms with Gasteiger partial charge in [-0.3, -0.25) is 9.97 Å². The zero-order valence-corrected chi connectivity index (χ0v) is 21.7. The van der Waals surface area contributed by atoms with Gasteiger partial charge >= 0.3 is 0 Å². The summed E-state index contributed by atoms with van der Waals surface area (Å²) >= 11 is 0. The van der Waals surface area contributed by atoms with Crippen LogP contribution in [-0.4, -0.2) is 9.97 Å². The Bertz CT molecular complexity index is 1880. The smallest absolute Gasteiger partial charge is 0.0704 e. The lowest BCUT2D eigenvalue weighted by Gasteiger charge is -2.18. The first-order chi connectivity index (χ1) is 19.3. The molecular formula is C37H26N2. The van der Waals surface area contributed by atoms with Gasteiger partial charge in [-0.1, -0.05) is 97.1 Å². The molecule has 0 bridgehead atoms. The molecule has 2 heteroatoms. The number of rotatable bonds is 4. The van der Waals surface area contributed by atoms with E-state index < -0.39 is 0 Å². The first-order valence-electron chi connectivity index (χ1n) is 13.2. The van der Waals surface area contributed by atoms with Crippen LogP contribution in [0.3, 0.4) is 0 Å². The number of hydrogen-bond donors (Lipinski definition) is 0. The Kier molecular flexibility index (Phi) is 5.71. The number of aromatic nitrogens is 2. The van der Waals surface area contributed by atoms with Gasteiger partial charge in [0, 0.05) is 24.2 Å². The van der Waals surface area contributed by atoms with Crippen molar-refractivity contribution in [2.24, 2.45) is 0 Å². The minimum Gasteiger partial charge on any atom is -0.265 e. The fourth-order valence-corrected chi connectivity index (χ4v) is 5.75. The van der Waals surface area contributed by atoms with E-state index in [0.29, 0.717) is 0 Å². The lowest BCUT2D eigenvalue weighted by atomic mass is 9.85. The maximum atomic E-state index is 4.58. The highest BCUT2D eigenvalue weighted by Crippen LogP contribution is 2.44. The van der Waals surface area contributed by atoms with Crippen LogP contribution in [0.5, 0.6) is 0 Å². The summed E-state index contributed by atoms with van der Waals surface area (Å²) in [5.41, 5.74) is 10.7. The Labute approximate surface area is 228 Å². The maximum absolute atomic E-state index is 4.58. The predicted molar refractivity (Wildman–Crippen MR) is 164 cm³/mol. The molecule has 0 amide bonds. The summed E-state index contributed by atoms with van der Waals surface area (Å²) in [6.45, 7) is 2.18. The summed E-state index contributed by atoms with van der Waals surface area (Å²) in [4.78, 5) is 8.74. The largest absolute Gasteiger partial charge is 0.265 e. The third kappa shape index (κ3) is 4.07. The average Bonchev–Trinajstić information content (AvgIpc) is 3.01. The van der Waals surface area contributed by atoms with E-state index in [1.54, 1.807) is 0 Å². The molecular weight excluding hydrogens is 472 g/mol. The quantitative estimate of drug-likeness (QED) is 0.226. The molecule has 0 fully saturated rings. The van der Waals surface area contributed by atoms with Crippen molar-refractivity contribution in [2.75, 3.05) is 0 Å². The third-order valence-electron chi connectivity index (χ3n) is 7.57. The van der Waals surface area contributed by atoms with Gasteiger partial charge in [-0.15, -0.1) is 0 Å². The zero-order valence-electron chi connectivity index (χ0n) is 21.7. The number of hydrogen-bond acceptors (Lipinski definition) is 2. The molecule has 2 nitrogen and oxygen atoms in total. The number of benzene rings is 5. The average molecular weight is 499 g/mol. The van der Waals surface area contributed by atoms with Gasteiger partial charge in [-0.25, -0.2) is 0 Å². The van der Waals surface area contributed by atoms with E-state index in [1.807, 2.05) is 30.7 Å². The van der Waals surface area contributed by atoms with Crippen molar-refractivity contribution >= 4 is 21.5 Å². The Morgan fingerprint density at radius 3 is 1.51 bits per heavy atom. The molecule has 7 aromatic rings. The second-order valence-electron chi connectivity index (χ2n) is 9.90. The molecule has 2 heterocycles. The van der Waals surface area contributed by atoms with Gasteiger partial charge in [0.1, 0.15) is 0 Å². The molecule has 0 radical (unpaired) electrons. The highest BCUT2D eigenvalue weighted by atomic mass is 14.7. The standard InChI is InChI=1S/C37H26N2/c1-25-24-29(17-18-30(25)35-12-6-7-21-39-35)37-33-10-4-2-8-31(33)36(32-9-3-5-11-34(32)37)28-15-13-26(14-16-28)27-19-22-38-23-20-27/h2-24H,1H3.